The lowest BCUT2D eigenvalue weighted by Crippen LogP contribution is -2.22. The summed E-state index contributed by atoms with van der Waals surface area (Å²) in [6.45, 7) is 3.66. The summed E-state index contributed by atoms with van der Waals surface area (Å²) in [4.78, 5) is 27.1. The van der Waals surface area contributed by atoms with Gasteiger partial charge in [0.15, 0.2) is 0 Å². The van der Waals surface area contributed by atoms with E-state index in [1.807, 2.05) is 6.92 Å². The number of carbonyl (C=O) groups is 1. The second-order valence-corrected chi connectivity index (χ2v) is 6.11. The minimum Gasteiger partial charge on any atom is -0.325 e. The van der Waals surface area contributed by atoms with E-state index in [1.54, 1.807) is 37.5 Å². The van der Waals surface area contributed by atoms with Crippen molar-refractivity contribution >= 4 is 29.0 Å². The fourth-order valence-corrected chi connectivity index (χ4v) is 2.62. The number of aryl methyl sites for hydroxylation is 1. The van der Waals surface area contributed by atoms with Gasteiger partial charge in [-0.3, -0.25) is 19.9 Å². The van der Waals surface area contributed by atoms with Gasteiger partial charge in [-0.05, 0) is 37.6 Å². The molecular weight excluding hydrogens is 302 g/mol. The third-order valence-corrected chi connectivity index (χ3v) is 4.12. The number of non-ortho nitro benzene ring substituents is 1. The van der Waals surface area contributed by atoms with Crippen LogP contribution in [0.15, 0.2) is 47.6 Å². The maximum absolute atomic E-state index is 12.2. The molecule has 1 atom stereocenters. The van der Waals surface area contributed by atoms with Gasteiger partial charge >= 0.3 is 0 Å². The van der Waals surface area contributed by atoms with Crippen LogP contribution in [0, 0.1) is 17.0 Å². The fraction of sp³-hybridized carbons (Fsp3) is 0.200. The number of amides is 1. The third-order valence-electron chi connectivity index (χ3n) is 3.01. The first-order valence-electron chi connectivity index (χ1n) is 6.60. The van der Waals surface area contributed by atoms with Crippen molar-refractivity contribution in [3.05, 3.63) is 58.4 Å². The molecule has 22 heavy (non-hydrogen) atoms. The van der Waals surface area contributed by atoms with E-state index in [2.05, 4.69) is 10.3 Å². The van der Waals surface area contributed by atoms with Crippen LogP contribution in [0.3, 0.4) is 0 Å². The maximum Gasteiger partial charge on any atom is 0.269 e. The van der Waals surface area contributed by atoms with Crippen LogP contribution in [0.5, 0.6) is 0 Å². The fourth-order valence-electron chi connectivity index (χ4n) is 1.75. The summed E-state index contributed by atoms with van der Waals surface area (Å²) in [5.74, 6) is -0.127. The van der Waals surface area contributed by atoms with E-state index in [0.717, 1.165) is 16.1 Å². The second kappa shape index (κ2) is 7.04. The number of rotatable bonds is 5. The summed E-state index contributed by atoms with van der Waals surface area (Å²) < 4.78 is 0. The molecule has 7 heteroatoms. The van der Waals surface area contributed by atoms with Gasteiger partial charge in [0, 0.05) is 35.1 Å². The molecule has 2 aromatic rings. The monoisotopic (exact) mass is 317 g/mol. The maximum atomic E-state index is 12.2. The first-order chi connectivity index (χ1) is 10.5. The summed E-state index contributed by atoms with van der Waals surface area (Å²) in [5, 5.41) is 13.1. The minimum absolute atomic E-state index is 0.0360. The summed E-state index contributed by atoms with van der Waals surface area (Å²) in [6, 6.07) is 7.89. The molecule has 1 amide bonds. The Morgan fingerprint density at radius 3 is 2.59 bits per heavy atom. The lowest BCUT2D eigenvalue weighted by molar-refractivity contribution is -0.384. The molecule has 0 aliphatic heterocycles. The van der Waals surface area contributed by atoms with Crippen molar-refractivity contribution in [1.29, 1.82) is 0 Å². The summed E-state index contributed by atoms with van der Waals surface area (Å²) in [5.41, 5.74) is 1.66. The molecular formula is C15H15N3O3S. The van der Waals surface area contributed by atoms with Gasteiger partial charge in [0.25, 0.3) is 5.69 Å². The molecule has 1 aromatic heterocycles. The minimum atomic E-state index is -0.448. The van der Waals surface area contributed by atoms with Crippen molar-refractivity contribution in [2.24, 2.45) is 0 Å². The first kappa shape index (κ1) is 16.0. The van der Waals surface area contributed by atoms with Gasteiger partial charge in [0.2, 0.25) is 5.91 Å². The molecule has 0 aliphatic carbocycles. The third kappa shape index (κ3) is 4.05. The van der Waals surface area contributed by atoms with Crippen molar-refractivity contribution in [2.45, 2.75) is 24.0 Å². The molecule has 114 valence electrons. The smallest absolute Gasteiger partial charge is 0.269 e. The van der Waals surface area contributed by atoms with Crippen LogP contribution in [0.4, 0.5) is 11.4 Å². The van der Waals surface area contributed by atoms with Crippen LogP contribution in [0.1, 0.15) is 12.5 Å². The first-order valence-corrected chi connectivity index (χ1v) is 7.48. The highest BCUT2D eigenvalue weighted by atomic mass is 32.2. The summed E-state index contributed by atoms with van der Waals surface area (Å²) >= 11 is 1.35. The summed E-state index contributed by atoms with van der Waals surface area (Å²) in [7, 11) is 0. The molecule has 1 N–H and O–H groups in total. The molecule has 0 saturated heterocycles. The van der Waals surface area contributed by atoms with E-state index in [-0.39, 0.29) is 16.8 Å². The molecule has 1 heterocycles. The number of nitrogens with one attached hydrogen (secondary N) is 1. The quantitative estimate of drug-likeness (QED) is 0.519. The Hall–Kier alpha value is -2.41. The normalized spacial score (nSPS) is 11.7. The molecule has 6 nitrogen and oxygen atoms in total. The van der Waals surface area contributed by atoms with E-state index >= 15 is 0 Å². The Morgan fingerprint density at radius 2 is 2.00 bits per heavy atom. The number of aromatic nitrogens is 1. The van der Waals surface area contributed by atoms with E-state index in [4.69, 9.17) is 0 Å². The van der Waals surface area contributed by atoms with Crippen molar-refractivity contribution in [3.63, 3.8) is 0 Å². The van der Waals surface area contributed by atoms with Crippen LogP contribution in [0.25, 0.3) is 0 Å². The predicted molar refractivity (Wildman–Crippen MR) is 86.0 cm³/mol. The van der Waals surface area contributed by atoms with E-state index < -0.39 is 4.92 Å². The number of hydrogen-bond donors (Lipinski definition) is 1. The highest BCUT2D eigenvalue weighted by Crippen LogP contribution is 2.26. The predicted octanol–water partition coefficient (Wildman–Crippen LogP) is 3.42. The number of nitrogens with zero attached hydrogens (tertiary/aromatic N) is 2. The van der Waals surface area contributed by atoms with Crippen molar-refractivity contribution in [1.82, 2.24) is 4.98 Å². The van der Waals surface area contributed by atoms with Crippen molar-refractivity contribution in [2.75, 3.05) is 5.32 Å². The van der Waals surface area contributed by atoms with E-state index in [9.17, 15) is 14.9 Å². The number of pyridine rings is 1. The van der Waals surface area contributed by atoms with Crippen LogP contribution in [-0.4, -0.2) is 21.1 Å². The van der Waals surface area contributed by atoms with Crippen LogP contribution < -0.4 is 5.32 Å². The van der Waals surface area contributed by atoms with E-state index in [0.29, 0.717) is 0 Å². The standard InChI is InChI=1S/C15H15N3O3S/c1-10-9-16-8-7-14(10)17-15(19)11(2)22-13-5-3-12(4-6-13)18(20)21/h3-9,11H,1-2H3,(H,16,17,19)/t11-/m0/s1. The molecule has 0 unspecified atom stereocenters. The number of benzene rings is 1. The Bertz CT molecular complexity index is 689. The van der Waals surface area contributed by atoms with E-state index in [1.165, 1.54) is 23.9 Å². The molecule has 1 aromatic carbocycles. The van der Waals surface area contributed by atoms with Crippen molar-refractivity contribution in [3.8, 4) is 0 Å². The van der Waals surface area contributed by atoms with Gasteiger partial charge in [-0.25, -0.2) is 0 Å². The molecule has 0 radical (unpaired) electrons. The highest BCUT2D eigenvalue weighted by Gasteiger charge is 2.16. The SMILES string of the molecule is Cc1cnccc1NC(=O)[C@H](C)Sc1ccc([N+](=O)[O-])cc1. The van der Waals surface area contributed by atoms with Gasteiger partial charge < -0.3 is 5.32 Å². The summed E-state index contributed by atoms with van der Waals surface area (Å²) in [6.07, 6.45) is 3.31. The van der Waals surface area contributed by atoms with Crippen LogP contribution in [-0.2, 0) is 4.79 Å². The van der Waals surface area contributed by atoms with Crippen LogP contribution >= 0.6 is 11.8 Å². The molecule has 0 fully saturated rings. The van der Waals surface area contributed by atoms with Gasteiger partial charge in [-0.15, -0.1) is 11.8 Å². The van der Waals surface area contributed by atoms with Gasteiger partial charge in [-0.2, -0.15) is 0 Å². The Kier molecular flexibility index (Phi) is 5.11. The zero-order chi connectivity index (χ0) is 16.1. The number of anilines is 1. The second-order valence-electron chi connectivity index (χ2n) is 4.69. The zero-order valence-electron chi connectivity index (χ0n) is 12.1. The Morgan fingerprint density at radius 1 is 1.32 bits per heavy atom. The lowest BCUT2D eigenvalue weighted by atomic mass is 10.2. The number of hydrogen-bond acceptors (Lipinski definition) is 5. The van der Waals surface area contributed by atoms with Crippen molar-refractivity contribution < 1.29 is 9.72 Å². The molecule has 2 rings (SSSR count). The van der Waals surface area contributed by atoms with Crippen LogP contribution in [0.2, 0.25) is 0 Å². The Balaban J connectivity index is 1.99. The molecule has 0 aliphatic rings. The Labute approximate surface area is 132 Å². The number of nitro groups is 1. The average molecular weight is 317 g/mol. The molecule has 0 spiro atoms. The topological polar surface area (TPSA) is 85.1 Å². The van der Waals surface area contributed by atoms with Gasteiger partial charge in [-0.1, -0.05) is 0 Å². The highest BCUT2D eigenvalue weighted by molar-refractivity contribution is 8.00. The average Bonchev–Trinajstić information content (AvgIpc) is 2.50. The largest absolute Gasteiger partial charge is 0.325 e. The number of carbonyl (C=O) groups excluding carboxylic acids is 1. The lowest BCUT2D eigenvalue weighted by Gasteiger charge is -2.13. The van der Waals surface area contributed by atoms with Gasteiger partial charge in [0.1, 0.15) is 0 Å². The molecule has 0 bridgehead atoms. The number of thioether (sulfide) groups is 1. The number of nitro benzene ring substituents is 1. The molecule has 0 saturated carbocycles. The zero-order valence-corrected chi connectivity index (χ0v) is 13.0. The van der Waals surface area contributed by atoms with Gasteiger partial charge in [0.05, 0.1) is 10.2 Å².